The Hall–Kier alpha value is -0.0400. The van der Waals surface area contributed by atoms with Crippen LogP contribution in [0, 0.1) is 5.92 Å². The average Bonchev–Trinajstić information content (AvgIpc) is 2.59. The van der Waals surface area contributed by atoms with Gasteiger partial charge in [0.2, 0.25) is 0 Å². The van der Waals surface area contributed by atoms with Crippen molar-refractivity contribution in [3.63, 3.8) is 0 Å². The van der Waals surface area contributed by atoms with E-state index in [1.165, 1.54) is 128 Å². The Kier molecular flexibility index (Phi) is 26.1. The Morgan fingerprint density at radius 3 is 0.920 bits per heavy atom. The zero-order valence-electron chi connectivity index (χ0n) is 18.4. The van der Waals surface area contributed by atoms with E-state index in [1.54, 1.807) is 0 Å². The minimum atomic E-state index is 0. The van der Waals surface area contributed by atoms with Crippen molar-refractivity contribution in [3.05, 3.63) is 0 Å². The van der Waals surface area contributed by atoms with Gasteiger partial charge in [-0.2, -0.15) is 0 Å². The van der Waals surface area contributed by atoms with E-state index in [9.17, 15) is 0 Å². The van der Waals surface area contributed by atoms with Gasteiger partial charge in [0, 0.05) is 0 Å². The van der Waals surface area contributed by atoms with Crippen LogP contribution in [0.2, 0.25) is 0 Å². The van der Waals surface area contributed by atoms with Crippen LogP contribution < -0.4 is 6.15 Å². The van der Waals surface area contributed by atoms with Gasteiger partial charge in [-0.25, -0.2) is 0 Å². The molecule has 0 rings (SSSR count). The van der Waals surface area contributed by atoms with Gasteiger partial charge >= 0.3 is 0 Å². The highest BCUT2D eigenvalue weighted by Crippen LogP contribution is 2.19. The summed E-state index contributed by atoms with van der Waals surface area (Å²) < 4.78 is 0. The molecule has 1 atom stereocenters. The van der Waals surface area contributed by atoms with E-state index in [-0.39, 0.29) is 6.15 Å². The number of hydrogen-bond donors (Lipinski definition) is 1. The molecule has 0 aliphatic heterocycles. The van der Waals surface area contributed by atoms with E-state index in [1.807, 2.05) is 0 Å². The van der Waals surface area contributed by atoms with Crippen LogP contribution in [0.1, 0.15) is 149 Å². The Labute approximate surface area is 161 Å². The summed E-state index contributed by atoms with van der Waals surface area (Å²) in [6, 6.07) is 0. The largest absolute Gasteiger partial charge is 0.344 e. The molecule has 25 heavy (non-hydrogen) atoms. The fraction of sp³-hybridized carbons (Fsp3) is 1.00. The van der Waals surface area contributed by atoms with Gasteiger partial charge in [-0.3, -0.25) is 0 Å². The van der Waals surface area contributed by atoms with E-state index in [4.69, 9.17) is 0 Å². The third kappa shape index (κ3) is 24.0. The summed E-state index contributed by atoms with van der Waals surface area (Å²) in [5.74, 6) is 0.971. The fourth-order valence-electron chi connectivity index (χ4n) is 3.75. The fourth-order valence-corrected chi connectivity index (χ4v) is 3.75. The SMILES string of the molecule is CCCCCCCCCCCCC(C)CCCCCCCCCC.N. The number of unbranched alkanes of at least 4 members (excludes halogenated alkanes) is 16. The summed E-state index contributed by atoms with van der Waals surface area (Å²) in [6.45, 7) is 7.08. The summed E-state index contributed by atoms with van der Waals surface area (Å²) in [7, 11) is 0. The van der Waals surface area contributed by atoms with E-state index < -0.39 is 0 Å². The summed E-state index contributed by atoms with van der Waals surface area (Å²) in [4.78, 5) is 0. The highest BCUT2D eigenvalue weighted by Gasteiger charge is 2.02. The molecule has 0 aromatic heterocycles. The lowest BCUT2D eigenvalue weighted by Gasteiger charge is -2.11. The first kappa shape index (κ1) is 27.2. The lowest BCUT2D eigenvalue weighted by atomic mass is 9.95. The van der Waals surface area contributed by atoms with Crippen molar-refractivity contribution in [1.82, 2.24) is 6.15 Å². The molecule has 0 fully saturated rings. The van der Waals surface area contributed by atoms with E-state index in [0.717, 1.165) is 5.92 Å². The van der Waals surface area contributed by atoms with Gasteiger partial charge in [-0.1, -0.05) is 149 Å². The van der Waals surface area contributed by atoms with Crippen molar-refractivity contribution in [2.75, 3.05) is 0 Å². The molecule has 0 aliphatic rings. The molecule has 0 aromatic carbocycles. The molecule has 0 aromatic rings. The minimum Gasteiger partial charge on any atom is -0.344 e. The van der Waals surface area contributed by atoms with Crippen molar-refractivity contribution in [1.29, 1.82) is 0 Å². The molecule has 0 radical (unpaired) electrons. The molecule has 154 valence electrons. The molecule has 3 N–H and O–H groups in total. The zero-order chi connectivity index (χ0) is 17.7. The van der Waals surface area contributed by atoms with Crippen LogP contribution in [-0.4, -0.2) is 0 Å². The van der Waals surface area contributed by atoms with E-state index in [2.05, 4.69) is 20.8 Å². The molecule has 0 bridgehead atoms. The molecule has 0 amide bonds. The molecule has 1 heteroatoms. The molecule has 0 heterocycles. The van der Waals surface area contributed by atoms with Crippen molar-refractivity contribution in [2.24, 2.45) is 5.92 Å². The highest BCUT2D eigenvalue weighted by molar-refractivity contribution is 4.56. The standard InChI is InChI=1S/C24H50.H3N/c1-4-6-8-10-12-14-15-17-19-21-23-24(3)22-20-18-16-13-11-9-7-5-2;/h24H,4-23H2,1-3H3;1H3. The Bertz CT molecular complexity index is 214. The zero-order valence-corrected chi connectivity index (χ0v) is 18.4. The summed E-state index contributed by atoms with van der Waals surface area (Å²) >= 11 is 0. The minimum absolute atomic E-state index is 0. The van der Waals surface area contributed by atoms with Crippen LogP contribution in [0.15, 0.2) is 0 Å². The first-order valence-electron chi connectivity index (χ1n) is 11.8. The Balaban J connectivity index is 0. The molecule has 1 unspecified atom stereocenters. The lowest BCUT2D eigenvalue weighted by Crippen LogP contribution is -1.95. The Morgan fingerprint density at radius 2 is 0.640 bits per heavy atom. The summed E-state index contributed by atoms with van der Waals surface area (Å²) in [5, 5.41) is 0. The van der Waals surface area contributed by atoms with Crippen LogP contribution in [0.4, 0.5) is 0 Å². The first-order chi connectivity index (χ1) is 11.8. The van der Waals surface area contributed by atoms with Crippen molar-refractivity contribution in [2.45, 2.75) is 149 Å². The monoisotopic (exact) mass is 355 g/mol. The first-order valence-corrected chi connectivity index (χ1v) is 11.8. The van der Waals surface area contributed by atoms with E-state index >= 15 is 0 Å². The van der Waals surface area contributed by atoms with Crippen LogP contribution in [-0.2, 0) is 0 Å². The molecular formula is C24H53N. The van der Waals surface area contributed by atoms with Crippen LogP contribution in [0.25, 0.3) is 0 Å². The molecule has 0 spiro atoms. The predicted molar refractivity (Wildman–Crippen MR) is 118 cm³/mol. The lowest BCUT2D eigenvalue weighted by molar-refractivity contribution is 0.430. The maximum atomic E-state index is 2.48. The second-order valence-corrected chi connectivity index (χ2v) is 8.34. The van der Waals surface area contributed by atoms with Gasteiger partial charge in [0.25, 0.3) is 0 Å². The van der Waals surface area contributed by atoms with Crippen LogP contribution in [0.3, 0.4) is 0 Å². The number of hydrogen-bond acceptors (Lipinski definition) is 1. The van der Waals surface area contributed by atoms with Crippen molar-refractivity contribution >= 4 is 0 Å². The van der Waals surface area contributed by atoms with Crippen LogP contribution in [0.5, 0.6) is 0 Å². The Morgan fingerprint density at radius 1 is 0.400 bits per heavy atom. The van der Waals surface area contributed by atoms with Gasteiger partial charge in [0.1, 0.15) is 0 Å². The third-order valence-electron chi connectivity index (χ3n) is 5.60. The quantitative estimate of drug-likeness (QED) is 0.217. The predicted octanol–water partition coefficient (Wildman–Crippen LogP) is 9.63. The maximum Gasteiger partial charge on any atom is -0.0443 e. The van der Waals surface area contributed by atoms with Gasteiger partial charge in [0.15, 0.2) is 0 Å². The normalized spacial score (nSPS) is 12.1. The topological polar surface area (TPSA) is 35.0 Å². The van der Waals surface area contributed by atoms with Gasteiger partial charge in [-0.05, 0) is 5.92 Å². The summed E-state index contributed by atoms with van der Waals surface area (Å²) in [6.07, 6.45) is 29.3. The highest BCUT2D eigenvalue weighted by atomic mass is 14.1. The van der Waals surface area contributed by atoms with Crippen LogP contribution >= 0.6 is 0 Å². The average molecular weight is 356 g/mol. The second kappa shape index (κ2) is 24.0. The van der Waals surface area contributed by atoms with Crippen molar-refractivity contribution < 1.29 is 0 Å². The molecular weight excluding hydrogens is 302 g/mol. The molecule has 0 saturated heterocycles. The third-order valence-corrected chi connectivity index (χ3v) is 5.60. The molecule has 0 aliphatic carbocycles. The molecule has 1 nitrogen and oxygen atoms in total. The van der Waals surface area contributed by atoms with Gasteiger partial charge < -0.3 is 6.15 Å². The maximum absolute atomic E-state index is 2.48. The second-order valence-electron chi connectivity index (χ2n) is 8.34. The van der Waals surface area contributed by atoms with E-state index in [0.29, 0.717) is 0 Å². The summed E-state index contributed by atoms with van der Waals surface area (Å²) in [5.41, 5.74) is 0. The van der Waals surface area contributed by atoms with Gasteiger partial charge in [-0.15, -0.1) is 0 Å². The van der Waals surface area contributed by atoms with Gasteiger partial charge in [0.05, 0.1) is 0 Å². The number of rotatable bonds is 20. The smallest absolute Gasteiger partial charge is 0.0443 e. The van der Waals surface area contributed by atoms with Crippen molar-refractivity contribution in [3.8, 4) is 0 Å². The molecule has 0 saturated carbocycles.